The van der Waals surface area contributed by atoms with Gasteiger partial charge >= 0.3 is 5.97 Å². The van der Waals surface area contributed by atoms with Crippen LogP contribution in [-0.2, 0) is 10.0 Å². The van der Waals surface area contributed by atoms with Crippen LogP contribution in [0, 0.1) is 0 Å². The summed E-state index contributed by atoms with van der Waals surface area (Å²) in [6.07, 6.45) is 0.951. The summed E-state index contributed by atoms with van der Waals surface area (Å²) in [6, 6.07) is 8.15. The van der Waals surface area contributed by atoms with Gasteiger partial charge in [-0.15, -0.1) is 9.19 Å². The summed E-state index contributed by atoms with van der Waals surface area (Å²) in [4.78, 5) is 12.0. The molecule has 0 saturated carbocycles. The first-order valence-corrected chi connectivity index (χ1v) is 8.41. The van der Waals surface area contributed by atoms with E-state index in [2.05, 4.69) is 5.10 Å². The fraction of sp³-hybridized carbons (Fsp3) is 0.286. The predicted octanol–water partition coefficient (Wildman–Crippen LogP) is 1.62. The van der Waals surface area contributed by atoms with Crippen LogP contribution in [0.4, 0.5) is 5.82 Å². The molecule has 0 fully saturated rings. The van der Waals surface area contributed by atoms with Gasteiger partial charge in [-0.2, -0.15) is 0 Å². The summed E-state index contributed by atoms with van der Waals surface area (Å²) in [5, 5.41) is 3.65. The highest BCUT2D eigenvalue weighted by Gasteiger charge is 2.17. The van der Waals surface area contributed by atoms with Crippen molar-refractivity contribution in [3.63, 3.8) is 0 Å². The van der Waals surface area contributed by atoms with Crippen LogP contribution in [0.25, 0.3) is 0 Å². The average Bonchev–Trinajstić information content (AvgIpc) is 2.79. The van der Waals surface area contributed by atoms with Crippen molar-refractivity contribution in [2.24, 2.45) is 0 Å². The van der Waals surface area contributed by atoms with Gasteiger partial charge in [-0.05, 0) is 23.6 Å². The average molecular weight is 323 g/mol. The first-order valence-electron chi connectivity index (χ1n) is 6.56. The third kappa shape index (κ3) is 3.45. The monoisotopic (exact) mass is 323 g/mol. The van der Waals surface area contributed by atoms with E-state index in [-0.39, 0.29) is 11.7 Å². The molecule has 0 aliphatic rings. The molecule has 22 heavy (non-hydrogen) atoms. The molecule has 0 radical (unpaired) electrons. The molecule has 118 valence electrons. The number of carbonyl (C=O) groups excluding carboxylic acids is 1. The molecule has 1 heterocycles. The molecule has 1 aromatic carbocycles. The fourth-order valence-corrected chi connectivity index (χ4v) is 2.50. The summed E-state index contributed by atoms with van der Waals surface area (Å²) in [7, 11) is -3.64. The summed E-state index contributed by atoms with van der Waals surface area (Å²) in [5.74, 6) is -0.565. The van der Waals surface area contributed by atoms with Crippen molar-refractivity contribution >= 4 is 21.8 Å². The van der Waals surface area contributed by atoms with Gasteiger partial charge in [-0.1, -0.05) is 26.0 Å². The second-order valence-electron chi connectivity index (χ2n) is 5.18. The Kier molecular flexibility index (Phi) is 4.23. The lowest BCUT2D eigenvalue weighted by molar-refractivity contribution is 0.0727. The lowest BCUT2D eigenvalue weighted by atomic mass is 10.0. The number of nitrogen functional groups attached to an aromatic ring is 1. The highest BCUT2D eigenvalue weighted by Crippen LogP contribution is 2.18. The van der Waals surface area contributed by atoms with Crippen LogP contribution in [0.1, 0.15) is 35.7 Å². The standard InChI is InChI=1S/C14H17N3O4S/c1-9(2)10-4-6-11(7-5-10)14(18)21-13-8-12(15)17(16-13)22(3,19)20/h4-9H,15H2,1-3H3. The van der Waals surface area contributed by atoms with Gasteiger partial charge in [0.1, 0.15) is 5.82 Å². The van der Waals surface area contributed by atoms with Crippen LogP contribution in [0.3, 0.4) is 0 Å². The Balaban J connectivity index is 2.19. The zero-order valence-electron chi connectivity index (χ0n) is 12.5. The largest absolute Gasteiger partial charge is 0.402 e. The Labute approximate surface area is 128 Å². The second-order valence-corrected chi connectivity index (χ2v) is 6.99. The molecule has 0 atom stereocenters. The molecule has 0 bridgehead atoms. The molecule has 2 rings (SSSR count). The molecule has 7 nitrogen and oxygen atoms in total. The van der Waals surface area contributed by atoms with E-state index in [9.17, 15) is 13.2 Å². The van der Waals surface area contributed by atoms with Gasteiger partial charge in [-0.3, -0.25) is 0 Å². The van der Waals surface area contributed by atoms with Crippen LogP contribution in [0.2, 0.25) is 0 Å². The molecule has 0 saturated heterocycles. The van der Waals surface area contributed by atoms with Crippen molar-refractivity contribution in [1.29, 1.82) is 0 Å². The molecule has 0 unspecified atom stereocenters. The zero-order valence-corrected chi connectivity index (χ0v) is 13.3. The van der Waals surface area contributed by atoms with Crippen molar-refractivity contribution < 1.29 is 17.9 Å². The Morgan fingerprint density at radius 1 is 1.27 bits per heavy atom. The van der Waals surface area contributed by atoms with Crippen LogP contribution >= 0.6 is 0 Å². The third-order valence-corrected chi connectivity index (χ3v) is 3.93. The van der Waals surface area contributed by atoms with Crippen LogP contribution in [0.15, 0.2) is 30.3 Å². The predicted molar refractivity (Wildman–Crippen MR) is 82.4 cm³/mol. The third-order valence-electron chi connectivity index (χ3n) is 3.01. The van der Waals surface area contributed by atoms with Gasteiger partial charge in [-0.25, -0.2) is 13.2 Å². The number of carbonyl (C=O) groups is 1. The number of hydrogen-bond donors (Lipinski definition) is 1. The van der Waals surface area contributed by atoms with Crippen molar-refractivity contribution in [2.45, 2.75) is 19.8 Å². The minimum atomic E-state index is -3.64. The minimum Gasteiger partial charge on any atom is -0.402 e. The number of nitrogens with two attached hydrogens (primary N) is 1. The first-order chi connectivity index (χ1) is 10.2. The van der Waals surface area contributed by atoms with Gasteiger partial charge in [0.25, 0.3) is 10.0 Å². The molecule has 0 amide bonds. The van der Waals surface area contributed by atoms with E-state index in [1.54, 1.807) is 12.1 Å². The van der Waals surface area contributed by atoms with E-state index >= 15 is 0 Å². The van der Waals surface area contributed by atoms with E-state index in [0.717, 1.165) is 11.8 Å². The lowest BCUT2D eigenvalue weighted by Gasteiger charge is -2.06. The van der Waals surface area contributed by atoms with E-state index in [1.165, 1.54) is 6.07 Å². The number of aromatic nitrogens is 2. The van der Waals surface area contributed by atoms with Crippen LogP contribution < -0.4 is 10.5 Å². The summed E-state index contributed by atoms with van der Waals surface area (Å²) in [5.41, 5.74) is 6.97. The smallest absolute Gasteiger partial charge is 0.344 e. The van der Waals surface area contributed by atoms with Crippen molar-refractivity contribution in [3.05, 3.63) is 41.5 Å². The molecule has 0 aliphatic carbocycles. The number of hydrogen-bond acceptors (Lipinski definition) is 6. The number of esters is 1. The molecule has 1 aromatic heterocycles. The van der Waals surface area contributed by atoms with Gasteiger partial charge in [0.05, 0.1) is 11.8 Å². The second kappa shape index (κ2) is 5.80. The van der Waals surface area contributed by atoms with Crippen molar-refractivity contribution in [1.82, 2.24) is 9.19 Å². The van der Waals surface area contributed by atoms with Gasteiger partial charge in [0.15, 0.2) is 0 Å². The highest BCUT2D eigenvalue weighted by atomic mass is 32.2. The molecule has 2 aromatic rings. The fourth-order valence-electron chi connectivity index (χ4n) is 1.83. The maximum absolute atomic E-state index is 12.0. The van der Waals surface area contributed by atoms with E-state index < -0.39 is 16.0 Å². The van der Waals surface area contributed by atoms with E-state index in [0.29, 0.717) is 15.6 Å². The van der Waals surface area contributed by atoms with Crippen LogP contribution in [-0.4, -0.2) is 29.8 Å². The van der Waals surface area contributed by atoms with Crippen LogP contribution in [0.5, 0.6) is 5.88 Å². The highest BCUT2D eigenvalue weighted by molar-refractivity contribution is 7.89. The van der Waals surface area contributed by atoms with E-state index in [1.807, 2.05) is 26.0 Å². The lowest BCUT2D eigenvalue weighted by Crippen LogP contribution is -2.15. The number of rotatable bonds is 4. The first kappa shape index (κ1) is 16.0. The Hall–Kier alpha value is -2.35. The topological polar surface area (TPSA) is 104 Å². The molecule has 0 aliphatic heterocycles. The Morgan fingerprint density at radius 3 is 2.32 bits per heavy atom. The normalized spacial score (nSPS) is 11.6. The molecule has 0 spiro atoms. The van der Waals surface area contributed by atoms with Gasteiger partial charge in [0, 0.05) is 6.07 Å². The quantitative estimate of drug-likeness (QED) is 0.857. The van der Waals surface area contributed by atoms with E-state index in [4.69, 9.17) is 10.5 Å². The maximum atomic E-state index is 12.0. The number of benzene rings is 1. The van der Waals surface area contributed by atoms with Gasteiger partial charge < -0.3 is 10.5 Å². The summed E-state index contributed by atoms with van der Waals surface area (Å²) >= 11 is 0. The molecular formula is C14H17N3O4S. The summed E-state index contributed by atoms with van der Waals surface area (Å²) in [6.45, 7) is 4.10. The number of nitrogens with zero attached hydrogens (tertiary/aromatic N) is 2. The van der Waals surface area contributed by atoms with Crippen molar-refractivity contribution in [3.8, 4) is 5.88 Å². The number of ether oxygens (including phenoxy) is 1. The number of anilines is 1. The van der Waals surface area contributed by atoms with Gasteiger partial charge in [0.2, 0.25) is 5.88 Å². The maximum Gasteiger partial charge on any atom is 0.344 e. The molecule has 2 N–H and O–H groups in total. The molecule has 8 heteroatoms. The minimum absolute atomic E-state index is 0.125. The summed E-state index contributed by atoms with van der Waals surface area (Å²) < 4.78 is 28.5. The Morgan fingerprint density at radius 2 is 1.86 bits per heavy atom. The van der Waals surface area contributed by atoms with Crippen molar-refractivity contribution in [2.75, 3.05) is 12.0 Å². The SMILES string of the molecule is CC(C)c1ccc(C(=O)Oc2cc(N)n(S(C)(=O)=O)n2)cc1. The Bertz CT molecular complexity index is 792. The zero-order chi connectivity index (χ0) is 16.5. The molecular weight excluding hydrogens is 306 g/mol.